The van der Waals surface area contributed by atoms with E-state index in [-0.39, 0.29) is 17.3 Å². The van der Waals surface area contributed by atoms with E-state index in [2.05, 4.69) is 33.0 Å². The minimum atomic E-state index is -0.714. The van der Waals surface area contributed by atoms with Crippen LogP contribution in [0.1, 0.15) is 17.0 Å². The summed E-state index contributed by atoms with van der Waals surface area (Å²) in [5.74, 6) is 0.201. The van der Waals surface area contributed by atoms with E-state index in [4.69, 9.17) is 8.94 Å². The Bertz CT molecular complexity index is 1060. The number of hydrogen-bond acceptors (Lipinski definition) is 7. The first-order chi connectivity index (χ1) is 12.5. The highest BCUT2D eigenvalue weighted by molar-refractivity contribution is 7.80. The second kappa shape index (κ2) is 6.37. The maximum atomic E-state index is 13.9. The molecule has 0 aliphatic carbocycles. The van der Waals surface area contributed by atoms with Gasteiger partial charge in [0.2, 0.25) is 11.7 Å². The van der Waals surface area contributed by atoms with Crippen LogP contribution in [0, 0.1) is 11.6 Å². The molecule has 0 saturated carbocycles. The lowest BCUT2D eigenvalue weighted by Gasteiger charge is -2.05. The zero-order valence-electron chi connectivity index (χ0n) is 13.3. The zero-order chi connectivity index (χ0) is 18.3. The van der Waals surface area contributed by atoms with Crippen LogP contribution in [0.15, 0.2) is 45.5 Å². The van der Waals surface area contributed by atoms with Gasteiger partial charge in [-0.1, -0.05) is 5.16 Å². The van der Waals surface area contributed by atoms with Gasteiger partial charge in [-0.2, -0.15) is 17.6 Å². The van der Waals surface area contributed by atoms with Crippen LogP contribution in [0.4, 0.5) is 8.78 Å². The molecule has 0 N–H and O–H groups in total. The molecule has 0 amide bonds. The lowest BCUT2D eigenvalue weighted by molar-refractivity contribution is 0.381. The Kier molecular flexibility index (Phi) is 4.03. The molecule has 0 saturated heterocycles. The Morgan fingerprint density at radius 3 is 2.81 bits per heavy atom. The van der Waals surface area contributed by atoms with Crippen molar-refractivity contribution in [2.24, 2.45) is 7.05 Å². The van der Waals surface area contributed by atoms with E-state index < -0.39 is 16.9 Å². The van der Waals surface area contributed by atoms with Crippen molar-refractivity contribution >= 4 is 12.6 Å². The minimum absolute atomic E-state index is 0.0773. The molecule has 0 aliphatic rings. The Morgan fingerprint density at radius 1 is 1.19 bits per heavy atom. The van der Waals surface area contributed by atoms with Gasteiger partial charge in [0.25, 0.3) is 0 Å². The number of aromatic nitrogens is 5. The van der Waals surface area contributed by atoms with E-state index >= 15 is 0 Å². The van der Waals surface area contributed by atoms with Gasteiger partial charge in [0.05, 0.1) is 11.8 Å². The molecule has 1 atom stereocenters. The molecule has 0 radical (unpaired) electrons. The molecule has 3 aromatic heterocycles. The third-order valence-corrected chi connectivity index (χ3v) is 4.19. The fraction of sp³-hybridized carbons (Fsp3) is 0.125. The number of nitrogens with zero attached hydrogens (tertiary/aromatic N) is 5. The Morgan fingerprint density at radius 2 is 2.04 bits per heavy atom. The minimum Gasteiger partial charge on any atom is -0.461 e. The van der Waals surface area contributed by atoms with E-state index in [1.54, 1.807) is 23.7 Å². The summed E-state index contributed by atoms with van der Waals surface area (Å²) in [7, 11) is 1.74. The van der Waals surface area contributed by atoms with E-state index in [0.717, 1.165) is 18.2 Å². The molecule has 4 rings (SSSR count). The average Bonchev–Trinajstić information content (AvgIpc) is 3.36. The quantitative estimate of drug-likeness (QED) is 0.551. The van der Waals surface area contributed by atoms with Crippen LogP contribution in [0.3, 0.4) is 0 Å². The summed E-state index contributed by atoms with van der Waals surface area (Å²) in [5, 5.41) is 11.1. The van der Waals surface area contributed by atoms with Gasteiger partial charge in [-0.15, -0.1) is 10.2 Å². The number of thiol groups is 1. The third-order valence-electron chi connectivity index (χ3n) is 3.74. The number of furan rings is 1. The number of hydrogen-bond donors (Lipinski definition) is 1. The summed E-state index contributed by atoms with van der Waals surface area (Å²) in [5.41, 5.74) is -0.102. The molecule has 10 heteroatoms. The molecule has 7 nitrogen and oxygen atoms in total. The second-order valence-corrected chi connectivity index (χ2v) is 5.92. The highest BCUT2D eigenvalue weighted by atomic mass is 32.1. The van der Waals surface area contributed by atoms with Crippen molar-refractivity contribution in [3.05, 3.63) is 59.9 Å². The largest absolute Gasteiger partial charge is 0.461 e. The van der Waals surface area contributed by atoms with Crippen LogP contribution in [0.2, 0.25) is 0 Å². The highest BCUT2D eigenvalue weighted by Gasteiger charge is 2.25. The predicted octanol–water partition coefficient (Wildman–Crippen LogP) is 3.42. The molecule has 0 bridgehead atoms. The highest BCUT2D eigenvalue weighted by Crippen LogP contribution is 2.30. The summed E-state index contributed by atoms with van der Waals surface area (Å²) < 4.78 is 39.4. The van der Waals surface area contributed by atoms with E-state index in [9.17, 15) is 8.78 Å². The van der Waals surface area contributed by atoms with Crippen molar-refractivity contribution in [1.29, 1.82) is 0 Å². The Labute approximate surface area is 151 Å². The molecule has 132 valence electrons. The van der Waals surface area contributed by atoms with Crippen LogP contribution in [-0.2, 0) is 7.05 Å². The molecule has 3 heterocycles. The van der Waals surface area contributed by atoms with Gasteiger partial charge in [-0.3, -0.25) is 0 Å². The molecule has 0 aliphatic heterocycles. The van der Waals surface area contributed by atoms with Crippen molar-refractivity contribution in [3.8, 4) is 23.0 Å². The Hall–Kier alpha value is -3.01. The van der Waals surface area contributed by atoms with E-state index in [1.807, 2.05) is 0 Å². The van der Waals surface area contributed by atoms with Crippen LogP contribution >= 0.6 is 12.6 Å². The number of halogens is 2. The summed E-state index contributed by atoms with van der Waals surface area (Å²) in [6.07, 6.45) is 1.53. The van der Waals surface area contributed by atoms with Crippen molar-refractivity contribution in [3.63, 3.8) is 0 Å². The van der Waals surface area contributed by atoms with Gasteiger partial charge < -0.3 is 13.5 Å². The van der Waals surface area contributed by atoms with Crippen molar-refractivity contribution in [2.45, 2.75) is 5.25 Å². The van der Waals surface area contributed by atoms with Gasteiger partial charge in [-0.25, -0.2) is 8.78 Å². The standard InChI is InChI=1S/C16H11F2N5O2S/c1-23-14(11-3-2-6-24-11)20-21-15(23)12(26)16-19-13(22-25-16)9-7-8(17)4-5-10(9)18/h2-7,12,26H,1H3. The van der Waals surface area contributed by atoms with Crippen LogP contribution in [-0.4, -0.2) is 24.9 Å². The SMILES string of the molecule is Cn1c(-c2ccco2)nnc1C(S)c1nc(-c2cc(F)ccc2F)no1. The summed E-state index contributed by atoms with van der Waals surface area (Å²) in [6, 6.07) is 6.49. The topological polar surface area (TPSA) is 82.8 Å². The maximum absolute atomic E-state index is 13.9. The van der Waals surface area contributed by atoms with Gasteiger partial charge in [0, 0.05) is 7.05 Å². The summed E-state index contributed by atoms with van der Waals surface area (Å²) >= 11 is 4.44. The summed E-state index contributed by atoms with van der Waals surface area (Å²) in [4.78, 5) is 4.11. The fourth-order valence-electron chi connectivity index (χ4n) is 2.43. The van der Waals surface area contributed by atoms with Crippen LogP contribution in [0.5, 0.6) is 0 Å². The van der Waals surface area contributed by atoms with Gasteiger partial charge >= 0.3 is 0 Å². The van der Waals surface area contributed by atoms with Gasteiger partial charge in [-0.05, 0) is 30.3 Å². The lowest BCUT2D eigenvalue weighted by Crippen LogP contribution is -2.04. The molecule has 0 spiro atoms. The fourth-order valence-corrected chi connectivity index (χ4v) is 2.76. The van der Waals surface area contributed by atoms with Crippen molar-refractivity contribution < 1.29 is 17.7 Å². The van der Waals surface area contributed by atoms with Crippen LogP contribution in [0.25, 0.3) is 23.0 Å². The third kappa shape index (κ3) is 2.77. The first-order valence-corrected chi connectivity index (χ1v) is 7.96. The molecular formula is C16H11F2N5O2S. The van der Waals surface area contributed by atoms with E-state index in [0.29, 0.717) is 17.4 Å². The summed E-state index contributed by atoms with van der Waals surface area (Å²) in [6.45, 7) is 0. The zero-order valence-corrected chi connectivity index (χ0v) is 14.2. The molecule has 0 fully saturated rings. The average molecular weight is 375 g/mol. The molecule has 26 heavy (non-hydrogen) atoms. The Balaban J connectivity index is 1.67. The lowest BCUT2D eigenvalue weighted by atomic mass is 10.2. The molecular weight excluding hydrogens is 364 g/mol. The number of rotatable bonds is 4. The smallest absolute Gasteiger partial charge is 0.247 e. The van der Waals surface area contributed by atoms with Gasteiger partial charge in [0.1, 0.15) is 16.9 Å². The van der Waals surface area contributed by atoms with Crippen molar-refractivity contribution in [2.75, 3.05) is 0 Å². The first-order valence-electron chi connectivity index (χ1n) is 7.45. The maximum Gasteiger partial charge on any atom is 0.247 e. The monoisotopic (exact) mass is 375 g/mol. The van der Waals surface area contributed by atoms with Crippen LogP contribution < -0.4 is 0 Å². The second-order valence-electron chi connectivity index (χ2n) is 5.40. The normalized spacial score (nSPS) is 12.5. The molecule has 1 aromatic carbocycles. The predicted molar refractivity (Wildman–Crippen MR) is 89.2 cm³/mol. The first kappa shape index (κ1) is 16.5. The van der Waals surface area contributed by atoms with Crippen molar-refractivity contribution in [1.82, 2.24) is 24.9 Å². The van der Waals surface area contributed by atoms with Gasteiger partial charge in [0.15, 0.2) is 17.4 Å². The molecule has 4 aromatic rings. The van der Waals surface area contributed by atoms with E-state index in [1.165, 1.54) is 6.26 Å². The molecule has 1 unspecified atom stereocenters. The number of benzene rings is 1.